The molecule has 0 aromatic carbocycles. The maximum absolute atomic E-state index is 12.6. The van der Waals surface area contributed by atoms with Crippen LogP contribution < -0.4 is 11.1 Å². The molecule has 1 aromatic rings. The molecule has 1 fully saturated rings. The van der Waals surface area contributed by atoms with Crippen LogP contribution in [-0.2, 0) is 0 Å². The zero-order chi connectivity index (χ0) is 12.7. The number of nitrogens with zero attached hydrogens (tertiary/aromatic N) is 1. The first-order chi connectivity index (χ1) is 7.86. The van der Waals surface area contributed by atoms with Crippen LogP contribution in [0, 0.1) is 0 Å². The molecule has 4 nitrogen and oxygen atoms in total. The van der Waals surface area contributed by atoms with Crippen molar-refractivity contribution in [2.24, 2.45) is 0 Å². The monoisotopic (exact) mass is 245 g/mol. The lowest BCUT2D eigenvalue weighted by molar-refractivity contribution is -0.163. The Morgan fingerprint density at radius 2 is 2.12 bits per heavy atom. The normalized spacial score (nSPS) is 17.6. The van der Waals surface area contributed by atoms with Crippen LogP contribution in [-0.4, -0.2) is 22.6 Å². The molecule has 92 valence electrons. The Hall–Kier alpha value is -1.79. The topological polar surface area (TPSA) is 68.0 Å². The van der Waals surface area contributed by atoms with Gasteiger partial charge in [0.1, 0.15) is 5.54 Å². The van der Waals surface area contributed by atoms with Gasteiger partial charge >= 0.3 is 6.18 Å². The van der Waals surface area contributed by atoms with E-state index in [0.29, 0.717) is 0 Å². The van der Waals surface area contributed by atoms with Gasteiger partial charge in [-0.05, 0) is 18.9 Å². The van der Waals surface area contributed by atoms with E-state index in [0.717, 1.165) is 6.20 Å². The standard InChI is InChI=1S/C10H10F3N3O/c11-10(12,13)9(2-3-9)16-8(17)6-5-15-4-1-7(6)14/h1,4-5H,2-3H2,(H2,14,15)(H,16,17). The summed E-state index contributed by atoms with van der Waals surface area (Å²) in [5.74, 6) is -0.842. The zero-order valence-corrected chi connectivity index (χ0v) is 8.71. The molecule has 3 N–H and O–H groups in total. The van der Waals surface area contributed by atoms with Crippen LogP contribution in [0.2, 0.25) is 0 Å². The molecule has 0 saturated heterocycles. The van der Waals surface area contributed by atoms with E-state index < -0.39 is 17.6 Å². The van der Waals surface area contributed by atoms with Crippen molar-refractivity contribution in [2.45, 2.75) is 24.6 Å². The van der Waals surface area contributed by atoms with Gasteiger partial charge in [0.25, 0.3) is 5.91 Å². The highest BCUT2D eigenvalue weighted by molar-refractivity contribution is 5.99. The van der Waals surface area contributed by atoms with E-state index in [2.05, 4.69) is 4.98 Å². The second-order valence-electron chi connectivity index (χ2n) is 4.00. The fourth-order valence-corrected chi connectivity index (χ4v) is 1.48. The second kappa shape index (κ2) is 3.61. The molecular formula is C10H10F3N3O. The molecule has 0 unspecified atom stereocenters. The minimum absolute atomic E-state index is 0.0389. The number of alkyl halides is 3. The van der Waals surface area contributed by atoms with E-state index in [9.17, 15) is 18.0 Å². The largest absolute Gasteiger partial charge is 0.411 e. The van der Waals surface area contributed by atoms with Gasteiger partial charge in [-0.25, -0.2) is 0 Å². The summed E-state index contributed by atoms with van der Waals surface area (Å²) in [6, 6.07) is 1.36. The van der Waals surface area contributed by atoms with Crippen molar-refractivity contribution in [3.63, 3.8) is 0 Å². The number of pyridine rings is 1. The maximum atomic E-state index is 12.6. The van der Waals surface area contributed by atoms with Crippen molar-refractivity contribution in [2.75, 3.05) is 5.73 Å². The molecule has 1 saturated carbocycles. The number of carbonyl (C=O) groups excluding carboxylic acids is 1. The molecule has 0 bridgehead atoms. The summed E-state index contributed by atoms with van der Waals surface area (Å²) < 4.78 is 37.8. The molecule has 1 aliphatic rings. The smallest absolute Gasteiger partial charge is 0.398 e. The molecule has 0 atom stereocenters. The molecular weight excluding hydrogens is 235 g/mol. The highest BCUT2D eigenvalue weighted by Crippen LogP contribution is 2.49. The van der Waals surface area contributed by atoms with Crippen LogP contribution in [0.15, 0.2) is 18.5 Å². The Kier molecular flexibility index (Phi) is 2.48. The lowest BCUT2D eigenvalue weighted by Gasteiger charge is -2.20. The van der Waals surface area contributed by atoms with Crippen LogP contribution in [0.5, 0.6) is 0 Å². The Morgan fingerprint density at radius 1 is 1.47 bits per heavy atom. The minimum atomic E-state index is -4.43. The number of hydrogen-bond acceptors (Lipinski definition) is 3. The van der Waals surface area contributed by atoms with E-state index in [4.69, 9.17) is 5.73 Å². The van der Waals surface area contributed by atoms with Crippen molar-refractivity contribution < 1.29 is 18.0 Å². The van der Waals surface area contributed by atoms with Gasteiger partial charge in [-0.2, -0.15) is 13.2 Å². The molecule has 1 aliphatic carbocycles. The lowest BCUT2D eigenvalue weighted by atomic mass is 10.2. The first-order valence-electron chi connectivity index (χ1n) is 4.94. The van der Waals surface area contributed by atoms with Crippen LogP contribution >= 0.6 is 0 Å². The average molecular weight is 245 g/mol. The third kappa shape index (κ3) is 2.04. The number of nitrogen functional groups attached to an aromatic ring is 1. The second-order valence-corrected chi connectivity index (χ2v) is 4.00. The number of carbonyl (C=O) groups is 1. The number of aromatic nitrogens is 1. The third-order valence-corrected chi connectivity index (χ3v) is 2.74. The van der Waals surface area contributed by atoms with E-state index in [-0.39, 0.29) is 24.1 Å². The average Bonchev–Trinajstić information content (AvgIpc) is 2.98. The highest BCUT2D eigenvalue weighted by atomic mass is 19.4. The summed E-state index contributed by atoms with van der Waals surface area (Å²) in [6.07, 6.45) is -2.11. The van der Waals surface area contributed by atoms with E-state index in [1.165, 1.54) is 12.3 Å². The molecule has 0 aliphatic heterocycles. The first kappa shape index (κ1) is 11.7. The predicted molar refractivity (Wildman–Crippen MR) is 54.1 cm³/mol. The third-order valence-electron chi connectivity index (χ3n) is 2.74. The Labute approximate surface area is 95.0 Å². The van der Waals surface area contributed by atoms with Crippen molar-refractivity contribution in [1.29, 1.82) is 0 Å². The number of rotatable bonds is 2. The Morgan fingerprint density at radius 3 is 2.59 bits per heavy atom. The summed E-state index contributed by atoms with van der Waals surface area (Å²) in [4.78, 5) is 15.3. The molecule has 0 spiro atoms. The molecule has 2 rings (SSSR count). The Bertz CT molecular complexity index is 454. The number of halogens is 3. The van der Waals surface area contributed by atoms with E-state index in [1.54, 1.807) is 0 Å². The van der Waals surface area contributed by atoms with Crippen molar-refractivity contribution in [3.05, 3.63) is 24.0 Å². The fourth-order valence-electron chi connectivity index (χ4n) is 1.48. The van der Waals surface area contributed by atoms with Gasteiger partial charge < -0.3 is 11.1 Å². The lowest BCUT2D eigenvalue weighted by Crippen LogP contribution is -2.48. The van der Waals surface area contributed by atoms with Gasteiger partial charge in [0.2, 0.25) is 0 Å². The van der Waals surface area contributed by atoms with Crippen molar-refractivity contribution in [1.82, 2.24) is 10.3 Å². The van der Waals surface area contributed by atoms with Crippen LogP contribution in [0.4, 0.5) is 18.9 Å². The van der Waals surface area contributed by atoms with E-state index >= 15 is 0 Å². The molecule has 17 heavy (non-hydrogen) atoms. The molecule has 1 amide bonds. The van der Waals surface area contributed by atoms with Crippen LogP contribution in [0.25, 0.3) is 0 Å². The number of hydrogen-bond donors (Lipinski definition) is 2. The Balaban J connectivity index is 2.16. The van der Waals surface area contributed by atoms with Crippen molar-refractivity contribution in [3.8, 4) is 0 Å². The van der Waals surface area contributed by atoms with Crippen LogP contribution in [0.1, 0.15) is 23.2 Å². The summed E-state index contributed by atoms with van der Waals surface area (Å²) in [5.41, 5.74) is 3.48. The van der Waals surface area contributed by atoms with Gasteiger partial charge in [0, 0.05) is 18.1 Å². The fraction of sp³-hybridized carbons (Fsp3) is 0.400. The van der Waals surface area contributed by atoms with Gasteiger partial charge in [0.15, 0.2) is 0 Å². The van der Waals surface area contributed by atoms with Gasteiger partial charge in [0.05, 0.1) is 5.56 Å². The summed E-state index contributed by atoms with van der Waals surface area (Å²) in [7, 11) is 0. The van der Waals surface area contributed by atoms with Gasteiger partial charge in [-0.15, -0.1) is 0 Å². The number of amides is 1. The summed E-state index contributed by atoms with van der Waals surface area (Å²) >= 11 is 0. The molecule has 7 heteroatoms. The zero-order valence-electron chi connectivity index (χ0n) is 8.71. The quantitative estimate of drug-likeness (QED) is 0.829. The minimum Gasteiger partial charge on any atom is -0.398 e. The number of nitrogens with two attached hydrogens (primary N) is 1. The summed E-state index contributed by atoms with van der Waals surface area (Å²) in [5, 5.41) is 1.98. The maximum Gasteiger partial charge on any atom is 0.411 e. The number of nitrogens with one attached hydrogen (secondary N) is 1. The molecule has 1 heterocycles. The molecule has 1 aromatic heterocycles. The first-order valence-corrected chi connectivity index (χ1v) is 4.94. The SMILES string of the molecule is Nc1ccncc1C(=O)NC1(C(F)(F)F)CC1. The predicted octanol–water partition coefficient (Wildman–Crippen LogP) is 1.49. The van der Waals surface area contributed by atoms with E-state index in [1.807, 2.05) is 5.32 Å². The molecule has 0 radical (unpaired) electrons. The van der Waals surface area contributed by atoms with Gasteiger partial charge in [-0.3, -0.25) is 9.78 Å². The highest BCUT2D eigenvalue weighted by Gasteiger charge is 2.64. The van der Waals surface area contributed by atoms with Crippen molar-refractivity contribution >= 4 is 11.6 Å². The van der Waals surface area contributed by atoms with Crippen LogP contribution in [0.3, 0.4) is 0 Å². The summed E-state index contributed by atoms with van der Waals surface area (Å²) in [6.45, 7) is 0. The van der Waals surface area contributed by atoms with Gasteiger partial charge in [-0.1, -0.05) is 0 Å². The number of anilines is 1.